The molecule has 0 amide bonds. The molecule has 0 aromatic heterocycles. The van der Waals surface area contributed by atoms with Crippen molar-refractivity contribution < 1.29 is 17.9 Å². The Morgan fingerprint density at radius 2 is 2.07 bits per heavy atom. The highest BCUT2D eigenvalue weighted by atomic mass is 19.4. The molecule has 2 N–H and O–H groups in total. The summed E-state index contributed by atoms with van der Waals surface area (Å²) in [5.41, 5.74) is 5.33. The number of methoxy groups -OCH3 is 1. The van der Waals surface area contributed by atoms with Crippen LogP contribution in [0.4, 0.5) is 13.2 Å². The molecule has 0 aliphatic carbocycles. The van der Waals surface area contributed by atoms with Gasteiger partial charge in [-0.05, 0) is 0 Å². The average Bonchev–Trinajstić information content (AvgIpc) is 2.49. The fourth-order valence-electron chi connectivity index (χ4n) is 2.08. The molecule has 0 spiro atoms. The fourth-order valence-corrected chi connectivity index (χ4v) is 2.08. The summed E-state index contributed by atoms with van der Waals surface area (Å²) in [5.74, 6) is -1.73. The first-order valence-electron chi connectivity index (χ1n) is 4.97. The molecule has 3 nitrogen and oxygen atoms in total. The Balaban J connectivity index is 2.59. The summed E-state index contributed by atoms with van der Waals surface area (Å²) in [5, 5.41) is 0. The van der Waals surface area contributed by atoms with Crippen molar-refractivity contribution in [3.63, 3.8) is 0 Å². The quantitative estimate of drug-likeness (QED) is 0.767. The van der Waals surface area contributed by atoms with Gasteiger partial charge in [-0.15, -0.1) is 0 Å². The maximum atomic E-state index is 12.6. The van der Waals surface area contributed by atoms with E-state index < -0.39 is 18.0 Å². The van der Waals surface area contributed by atoms with Gasteiger partial charge in [0.2, 0.25) is 0 Å². The van der Waals surface area contributed by atoms with Crippen molar-refractivity contribution in [1.82, 2.24) is 4.90 Å². The van der Waals surface area contributed by atoms with Crippen LogP contribution < -0.4 is 5.73 Å². The molecule has 1 aliphatic heterocycles. The topological polar surface area (TPSA) is 38.5 Å². The summed E-state index contributed by atoms with van der Waals surface area (Å²) >= 11 is 0. The Labute approximate surface area is 87.4 Å². The molecular weight excluding hydrogens is 209 g/mol. The van der Waals surface area contributed by atoms with Gasteiger partial charge in [0.1, 0.15) is 0 Å². The smallest absolute Gasteiger partial charge is 0.384 e. The van der Waals surface area contributed by atoms with Crippen LogP contribution in [-0.4, -0.2) is 51.0 Å². The third-order valence-electron chi connectivity index (χ3n) is 2.76. The van der Waals surface area contributed by atoms with Crippen LogP contribution in [-0.2, 0) is 4.74 Å². The molecule has 1 fully saturated rings. The zero-order valence-electron chi connectivity index (χ0n) is 8.76. The summed E-state index contributed by atoms with van der Waals surface area (Å²) in [7, 11) is 1.43. The van der Waals surface area contributed by atoms with Crippen LogP contribution in [0.25, 0.3) is 0 Å². The van der Waals surface area contributed by atoms with E-state index in [1.807, 2.05) is 0 Å². The molecule has 1 rings (SSSR count). The lowest BCUT2D eigenvalue weighted by Gasteiger charge is -2.20. The number of rotatable bonds is 4. The fraction of sp³-hybridized carbons (Fsp3) is 1.00. The molecule has 15 heavy (non-hydrogen) atoms. The van der Waals surface area contributed by atoms with E-state index in [2.05, 4.69) is 0 Å². The second kappa shape index (κ2) is 5.14. The van der Waals surface area contributed by atoms with Gasteiger partial charge in [-0.25, -0.2) is 0 Å². The van der Waals surface area contributed by atoms with Crippen LogP contribution in [0.2, 0.25) is 0 Å². The summed E-state index contributed by atoms with van der Waals surface area (Å²) in [6.07, 6.45) is -4.13. The largest absolute Gasteiger partial charge is 0.393 e. The van der Waals surface area contributed by atoms with Crippen LogP contribution in [0.15, 0.2) is 0 Å². The molecule has 6 heteroatoms. The van der Waals surface area contributed by atoms with Crippen LogP contribution >= 0.6 is 0 Å². The van der Waals surface area contributed by atoms with Crippen molar-refractivity contribution in [3.05, 3.63) is 0 Å². The average molecular weight is 226 g/mol. The van der Waals surface area contributed by atoms with Crippen molar-refractivity contribution in [2.75, 3.05) is 39.9 Å². The van der Waals surface area contributed by atoms with Crippen LogP contribution in [0.5, 0.6) is 0 Å². The molecule has 0 bridgehead atoms. The number of nitrogens with zero attached hydrogens (tertiary/aromatic N) is 1. The Bertz CT molecular complexity index is 198. The molecule has 90 valence electrons. The normalized spacial score (nSPS) is 28.6. The molecule has 0 aromatic carbocycles. The number of halogens is 3. The van der Waals surface area contributed by atoms with Gasteiger partial charge >= 0.3 is 6.18 Å². The van der Waals surface area contributed by atoms with Crippen molar-refractivity contribution in [1.29, 1.82) is 0 Å². The van der Waals surface area contributed by atoms with E-state index in [9.17, 15) is 13.2 Å². The van der Waals surface area contributed by atoms with E-state index in [4.69, 9.17) is 10.5 Å². The third kappa shape index (κ3) is 3.32. The maximum absolute atomic E-state index is 12.6. The Morgan fingerprint density at radius 1 is 1.40 bits per heavy atom. The maximum Gasteiger partial charge on any atom is 0.393 e. The highest BCUT2D eigenvalue weighted by Gasteiger charge is 2.49. The minimum atomic E-state index is -4.13. The van der Waals surface area contributed by atoms with Gasteiger partial charge in [0.05, 0.1) is 12.5 Å². The SMILES string of the molecule is COC[C@@H]1CN(CCN)C[C@H]1C(F)(F)F. The Hall–Kier alpha value is -0.330. The monoisotopic (exact) mass is 226 g/mol. The minimum absolute atomic E-state index is 0.0503. The van der Waals surface area contributed by atoms with Crippen LogP contribution in [0.1, 0.15) is 0 Å². The standard InChI is InChI=1S/C9H17F3N2O/c1-15-6-7-4-14(3-2-13)5-8(7)9(10,11)12/h7-8H,2-6,13H2,1H3/t7-,8+/m0/s1. The predicted octanol–water partition coefficient (Wildman–Crippen LogP) is 0.702. The van der Waals surface area contributed by atoms with Crippen molar-refractivity contribution in [2.45, 2.75) is 6.18 Å². The predicted molar refractivity (Wildman–Crippen MR) is 50.4 cm³/mol. The Kier molecular flexibility index (Phi) is 4.36. The van der Waals surface area contributed by atoms with E-state index in [1.54, 1.807) is 4.90 Å². The highest BCUT2D eigenvalue weighted by molar-refractivity contribution is 4.88. The molecule has 2 atom stereocenters. The van der Waals surface area contributed by atoms with Crippen molar-refractivity contribution >= 4 is 0 Å². The van der Waals surface area contributed by atoms with Crippen molar-refractivity contribution in [2.24, 2.45) is 17.6 Å². The zero-order chi connectivity index (χ0) is 11.5. The summed E-state index contributed by atoms with van der Waals surface area (Å²) in [4.78, 5) is 1.75. The highest BCUT2D eigenvalue weighted by Crippen LogP contribution is 2.37. The van der Waals surface area contributed by atoms with E-state index >= 15 is 0 Å². The van der Waals surface area contributed by atoms with Gasteiger partial charge in [-0.2, -0.15) is 13.2 Å². The number of alkyl halides is 3. The van der Waals surface area contributed by atoms with Gasteiger partial charge in [0.15, 0.2) is 0 Å². The number of hydrogen-bond donors (Lipinski definition) is 1. The summed E-state index contributed by atoms with van der Waals surface area (Å²) in [6.45, 7) is 1.55. The van der Waals surface area contributed by atoms with Gasteiger partial charge in [-0.1, -0.05) is 0 Å². The molecule has 1 saturated heterocycles. The van der Waals surface area contributed by atoms with Gasteiger partial charge in [-0.3, -0.25) is 0 Å². The lowest BCUT2D eigenvalue weighted by molar-refractivity contribution is -0.183. The van der Waals surface area contributed by atoms with E-state index in [0.29, 0.717) is 19.6 Å². The molecule has 0 unspecified atom stereocenters. The van der Waals surface area contributed by atoms with Crippen LogP contribution in [0.3, 0.4) is 0 Å². The minimum Gasteiger partial charge on any atom is -0.384 e. The third-order valence-corrected chi connectivity index (χ3v) is 2.76. The molecule has 1 aliphatic rings. The van der Waals surface area contributed by atoms with E-state index in [-0.39, 0.29) is 13.2 Å². The summed E-state index contributed by atoms with van der Waals surface area (Å²) < 4.78 is 42.7. The first kappa shape index (κ1) is 12.7. The van der Waals surface area contributed by atoms with E-state index in [0.717, 1.165) is 0 Å². The lowest BCUT2D eigenvalue weighted by Crippen LogP contribution is -2.32. The van der Waals surface area contributed by atoms with Gasteiger partial charge < -0.3 is 15.4 Å². The number of hydrogen-bond acceptors (Lipinski definition) is 3. The van der Waals surface area contributed by atoms with Gasteiger partial charge in [0, 0.05) is 39.2 Å². The second-order valence-electron chi connectivity index (χ2n) is 3.91. The number of nitrogens with two attached hydrogens (primary N) is 1. The number of ether oxygens (including phenoxy) is 1. The molecule has 0 aromatic rings. The lowest BCUT2D eigenvalue weighted by atomic mass is 9.96. The number of likely N-dealkylation sites (tertiary alicyclic amines) is 1. The Morgan fingerprint density at radius 3 is 2.53 bits per heavy atom. The molecular formula is C9H17F3N2O. The second-order valence-corrected chi connectivity index (χ2v) is 3.91. The van der Waals surface area contributed by atoms with E-state index in [1.165, 1.54) is 7.11 Å². The molecule has 0 saturated carbocycles. The summed E-state index contributed by atoms with van der Waals surface area (Å²) in [6, 6.07) is 0. The molecule has 0 radical (unpaired) electrons. The first-order chi connectivity index (χ1) is 6.99. The van der Waals surface area contributed by atoms with Gasteiger partial charge in [0.25, 0.3) is 0 Å². The zero-order valence-corrected chi connectivity index (χ0v) is 8.76. The van der Waals surface area contributed by atoms with Crippen LogP contribution in [0, 0.1) is 11.8 Å². The van der Waals surface area contributed by atoms with Crippen molar-refractivity contribution in [3.8, 4) is 0 Å². The first-order valence-corrected chi connectivity index (χ1v) is 4.97. The molecule has 1 heterocycles.